The maximum atomic E-state index is 12.5. The number of oxazole rings is 1. The van der Waals surface area contributed by atoms with E-state index in [1.54, 1.807) is 6.20 Å². The second-order valence-corrected chi connectivity index (χ2v) is 6.49. The van der Waals surface area contributed by atoms with E-state index < -0.39 is 0 Å². The summed E-state index contributed by atoms with van der Waals surface area (Å²) in [6.45, 7) is 2.72. The standard InChI is InChI=1S/C17H22N4O3/c1-20-13(4-7-18-20)2-3-16(22)21-8-5-15-14(10-21)19-17(24-15)12-6-9-23-11-12/h4,7,12H,2-3,5-6,8-11H2,1H3. The number of aromatic nitrogens is 3. The topological polar surface area (TPSA) is 73.4 Å². The van der Waals surface area contributed by atoms with E-state index in [1.807, 2.05) is 22.7 Å². The molecule has 0 radical (unpaired) electrons. The van der Waals surface area contributed by atoms with Gasteiger partial charge in [0.15, 0.2) is 5.89 Å². The minimum absolute atomic E-state index is 0.163. The van der Waals surface area contributed by atoms with Gasteiger partial charge in [-0.3, -0.25) is 9.48 Å². The molecule has 2 aliphatic rings. The molecule has 0 saturated carbocycles. The predicted molar refractivity (Wildman–Crippen MR) is 85.3 cm³/mol. The molecule has 7 nitrogen and oxygen atoms in total. The summed E-state index contributed by atoms with van der Waals surface area (Å²) < 4.78 is 13.1. The lowest BCUT2D eigenvalue weighted by Crippen LogP contribution is -2.36. The number of nitrogens with zero attached hydrogens (tertiary/aromatic N) is 4. The number of hydrogen-bond donors (Lipinski definition) is 0. The second kappa shape index (κ2) is 6.39. The zero-order valence-corrected chi connectivity index (χ0v) is 13.9. The summed E-state index contributed by atoms with van der Waals surface area (Å²) in [6.07, 6.45) is 4.68. The summed E-state index contributed by atoms with van der Waals surface area (Å²) in [5, 5.41) is 4.14. The van der Waals surface area contributed by atoms with Crippen molar-refractivity contribution < 1.29 is 13.9 Å². The van der Waals surface area contributed by atoms with Crippen molar-refractivity contribution in [2.45, 2.75) is 38.1 Å². The Bertz CT molecular complexity index is 730. The fourth-order valence-corrected chi connectivity index (χ4v) is 3.37. The van der Waals surface area contributed by atoms with Gasteiger partial charge >= 0.3 is 0 Å². The van der Waals surface area contributed by atoms with E-state index in [4.69, 9.17) is 9.15 Å². The molecule has 4 heterocycles. The summed E-state index contributed by atoms with van der Waals surface area (Å²) >= 11 is 0. The maximum absolute atomic E-state index is 12.5. The van der Waals surface area contributed by atoms with Gasteiger partial charge in [-0.2, -0.15) is 5.10 Å². The molecule has 1 atom stereocenters. The molecule has 0 aromatic carbocycles. The molecular formula is C17H22N4O3. The van der Waals surface area contributed by atoms with Gasteiger partial charge in [0.1, 0.15) is 11.5 Å². The zero-order chi connectivity index (χ0) is 16.5. The van der Waals surface area contributed by atoms with E-state index in [-0.39, 0.29) is 11.8 Å². The van der Waals surface area contributed by atoms with Crippen LogP contribution in [-0.2, 0) is 36.0 Å². The Balaban J connectivity index is 1.38. The number of amides is 1. The molecular weight excluding hydrogens is 308 g/mol. The van der Waals surface area contributed by atoms with Crippen LogP contribution in [0.2, 0.25) is 0 Å². The molecule has 0 spiro atoms. The van der Waals surface area contributed by atoms with Crippen molar-refractivity contribution in [3.8, 4) is 0 Å². The highest BCUT2D eigenvalue weighted by Gasteiger charge is 2.29. The molecule has 0 N–H and O–H groups in total. The molecule has 0 aliphatic carbocycles. The van der Waals surface area contributed by atoms with Crippen molar-refractivity contribution >= 4 is 5.91 Å². The smallest absolute Gasteiger partial charge is 0.223 e. The van der Waals surface area contributed by atoms with E-state index in [0.29, 0.717) is 32.5 Å². The molecule has 1 fully saturated rings. The molecule has 0 bridgehead atoms. The van der Waals surface area contributed by atoms with E-state index in [2.05, 4.69) is 10.1 Å². The summed E-state index contributed by atoms with van der Waals surface area (Å²) in [4.78, 5) is 19.0. The number of carbonyl (C=O) groups is 1. The Kier molecular flexibility index (Phi) is 4.10. The Morgan fingerprint density at radius 1 is 1.46 bits per heavy atom. The molecule has 4 rings (SSSR count). The van der Waals surface area contributed by atoms with E-state index >= 15 is 0 Å². The van der Waals surface area contributed by atoms with Crippen LogP contribution in [0.5, 0.6) is 0 Å². The van der Waals surface area contributed by atoms with E-state index in [1.165, 1.54) is 0 Å². The van der Waals surface area contributed by atoms with Crippen LogP contribution in [0.1, 0.15) is 41.8 Å². The fraction of sp³-hybridized carbons (Fsp3) is 0.588. The Hall–Kier alpha value is -2.15. The van der Waals surface area contributed by atoms with E-state index in [0.717, 1.165) is 42.5 Å². The van der Waals surface area contributed by atoms with E-state index in [9.17, 15) is 4.79 Å². The van der Waals surface area contributed by atoms with Crippen molar-refractivity contribution in [1.82, 2.24) is 19.7 Å². The van der Waals surface area contributed by atoms with Crippen LogP contribution >= 0.6 is 0 Å². The van der Waals surface area contributed by atoms with Crippen molar-refractivity contribution in [3.05, 3.63) is 35.3 Å². The number of carbonyl (C=O) groups excluding carboxylic acids is 1. The lowest BCUT2D eigenvalue weighted by molar-refractivity contribution is -0.132. The SMILES string of the molecule is Cn1nccc1CCC(=O)N1CCc2oc(C3CCOC3)nc2C1. The highest BCUT2D eigenvalue weighted by atomic mass is 16.5. The normalized spacial score (nSPS) is 20.4. The Morgan fingerprint density at radius 2 is 2.38 bits per heavy atom. The number of rotatable bonds is 4. The molecule has 24 heavy (non-hydrogen) atoms. The van der Waals surface area contributed by atoms with Gasteiger partial charge in [-0.1, -0.05) is 0 Å². The number of ether oxygens (including phenoxy) is 1. The average Bonchev–Trinajstić information content (AvgIpc) is 3.32. The summed E-state index contributed by atoms with van der Waals surface area (Å²) in [5.41, 5.74) is 1.99. The molecule has 7 heteroatoms. The maximum Gasteiger partial charge on any atom is 0.223 e. The van der Waals surface area contributed by atoms with Gasteiger partial charge in [0, 0.05) is 44.9 Å². The van der Waals surface area contributed by atoms with Gasteiger partial charge in [-0.05, 0) is 18.9 Å². The third-order valence-electron chi connectivity index (χ3n) is 4.89. The highest BCUT2D eigenvalue weighted by molar-refractivity contribution is 5.76. The Morgan fingerprint density at radius 3 is 3.12 bits per heavy atom. The van der Waals surface area contributed by atoms with Gasteiger partial charge in [-0.25, -0.2) is 4.98 Å². The van der Waals surface area contributed by atoms with Crippen LogP contribution in [-0.4, -0.2) is 45.3 Å². The zero-order valence-electron chi connectivity index (χ0n) is 13.9. The van der Waals surface area contributed by atoms with Gasteiger partial charge in [0.05, 0.1) is 19.1 Å². The minimum Gasteiger partial charge on any atom is -0.445 e. The summed E-state index contributed by atoms with van der Waals surface area (Å²) in [6, 6.07) is 1.95. The Labute approximate surface area is 140 Å². The predicted octanol–water partition coefficient (Wildman–Crippen LogP) is 1.43. The number of fused-ring (bicyclic) bond motifs is 1. The van der Waals surface area contributed by atoms with Crippen molar-refractivity contribution in [3.63, 3.8) is 0 Å². The third kappa shape index (κ3) is 2.96. The van der Waals surface area contributed by atoms with Crippen LogP contribution in [0.25, 0.3) is 0 Å². The summed E-state index contributed by atoms with van der Waals surface area (Å²) in [5.74, 6) is 2.15. The molecule has 2 aliphatic heterocycles. The lowest BCUT2D eigenvalue weighted by atomic mass is 10.1. The molecule has 2 aromatic heterocycles. The molecule has 1 unspecified atom stereocenters. The third-order valence-corrected chi connectivity index (χ3v) is 4.89. The van der Waals surface area contributed by atoms with Crippen LogP contribution in [0, 0.1) is 0 Å². The number of aryl methyl sites for hydroxylation is 2. The van der Waals surface area contributed by atoms with Crippen LogP contribution < -0.4 is 0 Å². The van der Waals surface area contributed by atoms with Crippen molar-refractivity contribution in [2.24, 2.45) is 7.05 Å². The van der Waals surface area contributed by atoms with Crippen molar-refractivity contribution in [1.29, 1.82) is 0 Å². The highest BCUT2D eigenvalue weighted by Crippen LogP contribution is 2.29. The monoisotopic (exact) mass is 330 g/mol. The van der Waals surface area contributed by atoms with Gasteiger partial charge in [0.2, 0.25) is 5.91 Å². The molecule has 1 amide bonds. The lowest BCUT2D eigenvalue weighted by Gasteiger charge is -2.25. The minimum atomic E-state index is 0.163. The first-order valence-electron chi connectivity index (χ1n) is 8.51. The molecule has 1 saturated heterocycles. The molecule has 2 aromatic rings. The van der Waals surface area contributed by atoms with Crippen molar-refractivity contribution in [2.75, 3.05) is 19.8 Å². The largest absolute Gasteiger partial charge is 0.445 e. The van der Waals surface area contributed by atoms with Crippen LogP contribution in [0.4, 0.5) is 0 Å². The van der Waals surface area contributed by atoms with Gasteiger partial charge < -0.3 is 14.1 Å². The van der Waals surface area contributed by atoms with Crippen LogP contribution in [0.15, 0.2) is 16.7 Å². The first-order chi connectivity index (χ1) is 11.7. The summed E-state index contributed by atoms with van der Waals surface area (Å²) in [7, 11) is 1.90. The first kappa shape index (κ1) is 15.4. The second-order valence-electron chi connectivity index (χ2n) is 6.49. The molecule has 128 valence electrons. The van der Waals surface area contributed by atoms with Gasteiger partial charge in [0.25, 0.3) is 0 Å². The number of hydrogen-bond acceptors (Lipinski definition) is 5. The van der Waals surface area contributed by atoms with Crippen LogP contribution in [0.3, 0.4) is 0 Å². The first-order valence-corrected chi connectivity index (χ1v) is 8.51. The fourth-order valence-electron chi connectivity index (χ4n) is 3.37. The van der Waals surface area contributed by atoms with Gasteiger partial charge in [-0.15, -0.1) is 0 Å². The quantitative estimate of drug-likeness (QED) is 0.848. The average molecular weight is 330 g/mol.